The van der Waals surface area contributed by atoms with E-state index in [0.717, 1.165) is 84.7 Å². The summed E-state index contributed by atoms with van der Waals surface area (Å²) in [5.74, 6) is 1.04. The fraction of sp³-hybridized carbons (Fsp3) is 0.394. The Morgan fingerprint density at radius 1 is 1.05 bits per heavy atom. The summed E-state index contributed by atoms with van der Waals surface area (Å²) in [6.07, 6.45) is 6.03. The molecule has 10 heteroatoms. The number of rotatable bonds is 10. The van der Waals surface area contributed by atoms with E-state index in [4.69, 9.17) is 19.4 Å². The van der Waals surface area contributed by atoms with E-state index in [1.165, 1.54) is 0 Å². The summed E-state index contributed by atoms with van der Waals surface area (Å²) in [7, 11) is 0. The first-order chi connectivity index (χ1) is 21.0. The topological polar surface area (TPSA) is 107 Å². The van der Waals surface area contributed by atoms with Crippen molar-refractivity contribution in [3.05, 3.63) is 89.1 Å². The van der Waals surface area contributed by atoms with E-state index < -0.39 is 5.97 Å². The fourth-order valence-corrected chi connectivity index (χ4v) is 6.16. The minimum Gasteiger partial charge on any atom is -0.478 e. The van der Waals surface area contributed by atoms with Crippen LogP contribution in [0.25, 0.3) is 16.6 Å². The van der Waals surface area contributed by atoms with Gasteiger partial charge in [-0.3, -0.25) is 4.90 Å². The molecule has 1 aromatic carbocycles. The predicted molar refractivity (Wildman–Crippen MR) is 161 cm³/mol. The number of aromatic carboxylic acids is 1. The molecule has 1 atom stereocenters. The number of fused-ring (bicyclic) bond motifs is 2. The van der Waals surface area contributed by atoms with Crippen LogP contribution in [0.2, 0.25) is 0 Å². The van der Waals surface area contributed by atoms with Gasteiger partial charge in [0.05, 0.1) is 47.0 Å². The molecule has 6 heterocycles. The number of carboxylic acid groups (broad SMARTS) is 1. The van der Waals surface area contributed by atoms with Crippen LogP contribution in [0.5, 0.6) is 5.88 Å². The zero-order valence-electron chi connectivity index (χ0n) is 24.4. The van der Waals surface area contributed by atoms with Crippen LogP contribution in [-0.4, -0.2) is 65.9 Å². The molecule has 2 aliphatic heterocycles. The van der Waals surface area contributed by atoms with Crippen molar-refractivity contribution in [2.45, 2.75) is 64.3 Å². The number of likely N-dealkylation sites (tertiary alicyclic amines) is 1. The number of carbonyl (C=O) groups is 1. The normalized spacial score (nSPS) is 17.8. The zero-order valence-corrected chi connectivity index (χ0v) is 24.4. The molecule has 2 fully saturated rings. The second kappa shape index (κ2) is 11.8. The summed E-state index contributed by atoms with van der Waals surface area (Å²) in [6, 6.07) is 17.4. The number of piperidine rings is 1. The standard InChI is InChI=1S/C33H36N6O4/c1-2-25-18-29-24(5-4-13-39(29)36-25)21-43-32-7-3-6-27(35-32)22-10-14-37(15-11-22)20-31-34-28-9-8-23(33(40)41)17-30(28)38(31)19-26-12-16-42-26/h3-9,13,17-18,22,26H,2,10-12,14-16,19-21H2,1H3,(H,40,41)/t26-/m0/s1. The largest absolute Gasteiger partial charge is 0.478 e. The van der Waals surface area contributed by atoms with E-state index in [-0.39, 0.29) is 11.7 Å². The average Bonchev–Trinajstić information content (AvgIpc) is 3.59. The Bertz CT molecular complexity index is 1770. The van der Waals surface area contributed by atoms with Crippen LogP contribution in [0.15, 0.2) is 60.8 Å². The lowest BCUT2D eigenvalue weighted by Crippen LogP contribution is -2.35. The number of ether oxygens (including phenoxy) is 2. The molecule has 0 saturated carbocycles. The van der Waals surface area contributed by atoms with Gasteiger partial charge in [-0.05, 0) is 75.2 Å². The van der Waals surface area contributed by atoms with Crippen molar-refractivity contribution in [1.82, 2.24) is 29.0 Å². The maximum Gasteiger partial charge on any atom is 0.335 e. The van der Waals surface area contributed by atoms with Gasteiger partial charge in [0.2, 0.25) is 5.88 Å². The second-order valence-corrected chi connectivity index (χ2v) is 11.5. The van der Waals surface area contributed by atoms with Gasteiger partial charge in [0.1, 0.15) is 12.4 Å². The molecule has 43 heavy (non-hydrogen) atoms. The molecular formula is C33H36N6O4. The number of hydrogen-bond donors (Lipinski definition) is 1. The van der Waals surface area contributed by atoms with Gasteiger partial charge in [-0.1, -0.05) is 19.1 Å². The maximum atomic E-state index is 11.6. The third-order valence-electron chi connectivity index (χ3n) is 8.75. The Kier molecular flexibility index (Phi) is 7.54. The SMILES string of the molecule is CCc1cc2c(COc3cccc(C4CCN(Cc5nc6ccc(C(=O)O)cc6n5C[C@@H]5CCO5)CC4)n3)cccn2n1. The summed E-state index contributed by atoms with van der Waals surface area (Å²) in [5, 5.41) is 14.1. The highest BCUT2D eigenvalue weighted by molar-refractivity contribution is 5.92. The van der Waals surface area contributed by atoms with Crippen LogP contribution in [0.4, 0.5) is 0 Å². The molecule has 222 valence electrons. The van der Waals surface area contributed by atoms with Crippen LogP contribution in [0.1, 0.15) is 65.2 Å². The highest BCUT2D eigenvalue weighted by Crippen LogP contribution is 2.30. The number of nitrogens with zero attached hydrogens (tertiary/aromatic N) is 6. The van der Waals surface area contributed by atoms with E-state index in [1.54, 1.807) is 12.1 Å². The first-order valence-electron chi connectivity index (χ1n) is 15.2. The number of benzene rings is 1. The molecule has 4 aromatic heterocycles. The van der Waals surface area contributed by atoms with Crippen molar-refractivity contribution in [1.29, 1.82) is 0 Å². The minimum absolute atomic E-state index is 0.151. The lowest BCUT2D eigenvalue weighted by Gasteiger charge is -2.32. The predicted octanol–water partition coefficient (Wildman–Crippen LogP) is 5.09. The van der Waals surface area contributed by atoms with Gasteiger partial charge in [-0.25, -0.2) is 19.3 Å². The van der Waals surface area contributed by atoms with Crippen molar-refractivity contribution >= 4 is 22.5 Å². The summed E-state index contributed by atoms with van der Waals surface area (Å²) in [6.45, 7) is 6.60. The molecule has 2 saturated heterocycles. The van der Waals surface area contributed by atoms with E-state index >= 15 is 0 Å². The highest BCUT2D eigenvalue weighted by Gasteiger charge is 2.26. The Balaban J connectivity index is 1.01. The number of hydrogen-bond acceptors (Lipinski definition) is 7. The van der Waals surface area contributed by atoms with Crippen molar-refractivity contribution in [2.24, 2.45) is 0 Å². The van der Waals surface area contributed by atoms with E-state index in [0.29, 0.717) is 31.5 Å². The molecule has 0 amide bonds. The lowest BCUT2D eigenvalue weighted by molar-refractivity contribution is -0.0592. The fourth-order valence-electron chi connectivity index (χ4n) is 6.16. The van der Waals surface area contributed by atoms with Gasteiger partial charge in [0.25, 0.3) is 0 Å². The lowest BCUT2D eigenvalue weighted by atomic mass is 9.93. The van der Waals surface area contributed by atoms with E-state index in [1.807, 2.05) is 35.0 Å². The Labute approximate surface area is 249 Å². The molecule has 1 N–H and O–H groups in total. The molecular weight excluding hydrogens is 544 g/mol. The van der Waals surface area contributed by atoms with Crippen LogP contribution in [0, 0.1) is 0 Å². The van der Waals surface area contributed by atoms with Crippen molar-refractivity contribution < 1.29 is 19.4 Å². The third kappa shape index (κ3) is 5.72. The monoisotopic (exact) mass is 580 g/mol. The first-order valence-corrected chi connectivity index (χ1v) is 15.2. The van der Waals surface area contributed by atoms with E-state index in [9.17, 15) is 9.90 Å². The molecule has 7 rings (SSSR count). The zero-order chi connectivity index (χ0) is 29.3. The third-order valence-corrected chi connectivity index (χ3v) is 8.75. The van der Waals surface area contributed by atoms with Crippen LogP contribution in [-0.2, 0) is 30.9 Å². The van der Waals surface area contributed by atoms with Gasteiger partial charge in [-0.15, -0.1) is 0 Å². The summed E-state index contributed by atoms with van der Waals surface area (Å²) in [4.78, 5) is 23.9. The maximum absolute atomic E-state index is 11.6. The van der Waals surface area contributed by atoms with Crippen molar-refractivity contribution in [3.8, 4) is 5.88 Å². The van der Waals surface area contributed by atoms with Crippen molar-refractivity contribution in [3.63, 3.8) is 0 Å². The molecule has 2 aliphatic rings. The first kappa shape index (κ1) is 27.5. The average molecular weight is 581 g/mol. The van der Waals surface area contributed by atoms with Gasteiger partial charge in [0.15, 0.2) is 0 Å². The number of carboxylic acids is 1. The van der Waals surface area contributed by atoms with Crippen LogP contribution in [0.3, 0.4) is 0 Å². The smallest absolute Gasteiger partial charge is 0.335 e. The van der Waals surface area contributed by atoms with Crippen LogP contribution >= 0.6 is 0 Å². The Morgan fingerprint density at radius 2 is 1.91 bits per heavy atom. The minimum atomic E-state index is -0.928. The summed E-state index contributed by atoms with van der Waals surface area (Å²) < 4.78 is 16.0. The molecule has 0 spiro atoms. The van der Waals surface area contributed by atoms with Gasteiger partial charge < -0.3 is 19.1 Å². The van der Waals surface area contributed by atoms with Crippen LogP contribution < -0.4 is 4.74 Å². The number of aromatic nitrogens is 5. The van der Waals surface area contributed by atoms with E-state index in [2.05, 4.69) is 39.7 Å². The van der Waals surface area contributed by atoms with Gasteiger partial charge in [-0.2, -0.15) is 5.10 Å². The van der Waals surface area contributed by atoms with Crippen molar-refractivity contribution in [2.75, 3.05) is 19.7 Å². The molecule has 0 bridgehead atoms. The molecule has 0 unspecified atom stereocenters. The summed E-state index contributed by atoms with van der Waals surface area (Å²) in [5.41, 5.74) is 6.25. The molecule has 0 radical (unpaired) electrons. The quantitative estimate of drug-likeness (QED) is 0.244. The summed E-state index contributed by atoms with van der Waals surface area (Å²) >= 11 is 0. The molecule has 0 aliphatic carbocycles. The Morgan fingerprint density at radius 3 is 2.67 bits per heavy atom. The molecule has 10 nitrogen and oxygen atoms in total. The number of pyridine rings is 2. The molecule has 5 aromatic rings. The van der Waals surface area contributed by atoms with Gasteiger partial charge in [0, 0.05) is 36.0 Å². The Hall–Kier alpha value is -4.28. The second-order valence-electron chi connectivity index (χ2n) is 11.5. The number of imidazole rings is 1. The number of aryl methyl sites for hydroxylation is 1. The highest BCUT2D eigenvalue weighted by atomic mass is 16.5. The van der Waals surface area contributed by atoms with Gasteiger partial charge >= 0.3 is 5.97 Å².